The molecule has 2 heterocycles. The highest BCUT2D eigenvalue weighted by atomic mass is 32.2. The van der Waals surface area contributed by atoms with Crippen LogP contribution in [0, 0.1) is 5.92 Å². The lowest BCUT2D eigenvalue weighted by Crippen LogP contribution is -2.41. The molecule has 1 aromatic rings. The van der Waals surface area contributed by atoms with Gasteiger partial charge < -0.3 is 5.32 Å². The van der Waals surface area contributed by atoms with Crippen LogP contribution in [0.4, 0.5) is 0 Å². The zero-order valence-electron chi connectivity index (χ0n) is 11.1. The van der Waals surface area contributed by atoms with E-state index in [0.29, 0.717) is 12.0 Å². The molecule has 1 fully saturated rings. The molecule has 1 atom stereocenters. The fourth-order valence-corrected chi connectivity index (χ4v) is 2.96. The van der Waals surface area contributed by atoms with E-state index in [1.165, 1.54) is 17.7 Å². The van der Waals surface area contributed by atoms with Gasteiger partial charge in [-0.1, -0.05) is 25.6 Å². The average molecular weight is 263 g/mol. The Kier molecular flexibility index (Phi) is 5.05. The first-order valence-corrected chi connectivity index (χ1v) is 7.57. The van der Waals surface area contributed by atoms with Crippen LogP contribution in [-0.4, -0.2) is 28.5 Å². The molecule has 1 aromatic heterocycles. The van der Waals surface area contributed by atoms with Crippen molar-refractivity contribution in [3.63, 3.8) is 0 Å². The summed E-state index contributed by atoms with van der Waals surface area (Å²) in [5.41, 5.74) is 1.30. The fraction of sp³-hybridized carbons (Fsp3) is 0.571. The molecule has 0 aromatic carbocycles. The summed E-state index contributed by atoms with van der Waals surface area (Å²) in [6.45, 7) is 5.38. The summed E-state index contributed by atoms with van der Waals surface area (Å²) in [4.78, 5) is 8.68. The molecule has 98 valence electrons. The van der Waals surface area contributed by atoms with E-state index in [9.17, 15) is 0 Å². The second-order valence-electron chi connectivity index (χ2n) is 4.92. The van der Waals surface area contributed by atoms with Crippen LogP contribution < -0.4 is 5.32 Å². The maximum absolute atomic E-state index is 4.66. The molecule has 4 heteroatoms. The van der Waals surface area contributed by atoms with Crippen LogP contribution in [0.1, 0.15) is 25.8 Å². The van der Waals surface area contributed by atoms with Gasteiger partial charge in [0, 0.05) is 30.7 Å². The predicted molar refractivity (Wildman–Crippen MR) is 79.1 cm³/mol. The van der Waals surface area contributed by atoms with E-state index in [1.807, 2.05) is 24.2 Å². The van der Waals surface area contributed by atoms with E-state index in [1.54, 1.807) is 0 Å². The van der Waals surface area contributed by atoms with E-state index in [4.69, 9.17) is 0 Å². The van der Waals surface area contributed by atoms with Crippen LogP contribution in [0.5, 0.6) is 0 Å². The van der Waals surface area contributed by atoms with Gasteiger partial charge in [-0.15, -0.1) is 0 Å². The van der Waals surface area contributed by atoms with Crippen LogP contribution in [0.3, 0.4) is 0 Å². The van der Waals surface area contributed by atoms with E-state index < -0.39 is 0 Å². The largest absolute Gasteiger partial charge is 0.362 e. The Balaban J connectivity index is 1.82. The number of hydrogen-bond donors (Lipinski definition) is 1. The first-order valence-electron chi connectivity index (χ1n) is 6.58. The van der Waals surface area contributed by atoms with E-state index >= 15 is 0 Å². The lowest BCUT2D eigenvalue weighted by molar-refractivity contribution is 0.442. The Hall–Kier alpha value is -1.03. The van der Waals surface area contributed by atoms with E-state index in [2.05, 4.69) is 41.3 Å². The molecular weight excluding hydrogens is 242 g/mol. The summed E-state index contributed by atoms with van der Waals surface area (Å²) >= 11 is 1.85. The molecule has 2 rings (SSSR count). The minimum Gasteiger partial charge on any atom is -0.362 e. The average Bonchev–Trinajstić information content (AvgIpc) is 2.40. The number of nitrogens with one attached hydrogen (secondary N) is 1. The lowest BCUT2D eigenvalue weighted by atomic mass is 10.0. The molecule has 0 radical (unpaired) electrons. The lowest BCUT2D eigenvalue weighted by Gasteiger charge is -2.28. The van der Waals surface area contributed by atoms with Gasteiger partial charge in [-0.05, 0) is 36.5 Å². The van der Waals surface area contributed by atoms with Crippen molar-refractivity contribution in [2.45, 2.75) is 32.7 Å². The highest BCUT2D eigenvalue weighted by molar-refractivity contribution is 8.13. The van der Waals surface area contributed by atoms with Crippen molar-refractivity contribution in [3.8, 4) is 0 Å². The summed E-state index contributed by atoms with van der Waals surface area (Å²) in [6.07, 6.45) is 5.90. The Labute approximate surface area is 113 Å². The molecule has 1 aliphatic rings. The second-order valence-corrected chi connectivity index (χ2v) is 6.01. The Morgan fingerprint density at radius 1 is 1.44 bits per heavy atom. The van der Waals surface area contributed by atoms with Crippen LogP contribution in [-0.2, 0) is 6.42 Å². The third-order valence-electron chi connectivity index (χ3n) is 3.19. The number of rotatable bonds is 4. The smallest absolute Gasteiger partial charge is 0.156 e. The summed E-state index contributed by atoms with van der Waals surface area (Å²) in [7, 11) is 0. The second kappa shape index (κ2) is 6.78. The maximum atomic E-state index is 4.66. The normalized spacial score (nSPS) is 22.2. The van der Waals surface area contributed by atoms with Crippen molar-refractivity contribution in [1.29, 1.82) is 0 Å². The van der Waals surface area contributed by atoms with Crippen molar-refractivity contribution in [3.05, 3.63) is 30.1 Å². The van der Waals surface area contributed by atoms with Crippen LogP contribution in [0.25, 0.3) is 0 Å². The van der Waals surface area contributed by atoms with Crippen LogP contribution >= 0.6 is 11.8 Å². The first-order chi connectivity index (χ1) is 8.75. The van der Waals surface area contributed by atoms with Gasteiger partial charge in [-0.3, -0.25) is 9.98 Å². The molecular formula is C14H21N3S. The Morgan fingerprint density at radius 2 is 2.22 bits per heavy atom. The third-order valence-corrected chi connectivity index (χ3v) is 4.15. The van der Waals surface area contributed by atoms with Crippen molar-refractivity contribution in [2.24, 2.45) is 10.9 Å². The summed E-state index contributed by atoms with van der Waals surface area (Å²) in [5.74, 6) is 1.86. The zero-order valence-corrected chi connectivity index (χ0v) is 11.9. The quantitative estimate of drug-likeness (QED) is 0.907. The summed E-state index contributed by atoms with van der Waals surface area (Å²) < 4.78 is 0. The number of thioether (sulfide) groups is 1. The number of aliphatic imine (C=N–C) groups is 1. The third kappa shape index (κ3) is 4.02. The van der Waals surface area contributed by atoms with Crippen LogP contribution in [0.15, 0.2) is 29.5 Å². The van der Waals surface area contributed by atoms with Gasteiger partial charge >= 0.3 is 0 Å². The van der Waals surface area contributed by atoms with Gasteiger partial charge in [0.05, 0.1) is 0 Å². The Morgan fingerprint density at radius 3 is 2.94 bits per heavy atom. The van der Waals surface area contributed by atoms with Crippen molar-refractivity contribution < 1.29 is 0 Å². The molecule has 0 bridgehead atoms. The van der Waals surface area contributed by atoms with Gasteiger partial charge in [0.1, 0.15) is 0 Å². The number of aromatic nitrogens is 1. The molecule has 1 aliphatic heterocycles. The predicted octanol–water partition coefficient (Wildman–Crippen LogP) is 2.73. The molecule has 0 saturated carbocycles. The first kappa shape index (κ1) is 13.4. The Bertz CT molecular complexity index is 389. The maximum Gasteiger partial charge on any atom is 0.156 e. The van der Waals surface area contributed by atoms with E-state index in [-0.39, 0.29) is 0 Å². The molecule has 0 aliphatic carbocycles. The topological polar surface area (TPSA) is 37.3 Å². The minimum absolute atomic E-state index is 0.589. The van der Waals surface area contributed by atoms with Crippen molar-refractivity contribution in [2.75, 3.05) is 12.3 Å². The fourth-order valence-electron chi connectivity index (χ4n) is 1.98. The molecule has 0 spiro atoms. The number of amidine groups is 1. The summed E-state index contributed by atoms with van der Waals surface area (Å²) in [6, 6.07) is 4.70. The molecule has 3 nitrogen and oxygen atoms in total. The standard InChI is InChI=1S/C14H21N3S/c1-11(2)13-6-10-18-14(17-13)16-9-5-12-3-7-15-8-4-12/h3-4,7-8,11,13H,5-6,9-10H2,1-2H3,(H,16,17). The molecule has 1 unspecified atom stereocenters. The molecule has 1 saturated heterocycles. The SMILES string of the molecule is CC(C)C1CCSC(=NCCc2ccncc2)N1. The van der Waals surface area contributed by atoms with Gasteiger partial charge in [0.2, 0.25) is 0 Å². The highest BCUT2D eigenvalue weighted by Gasteiger charge is 2.19. The van der Waals surface area contributed by atoms with Crippen molar-refractivity contribution in [1.82, 2.24) is 10.3 Å². The molecule has 0 amide bonds. The molecule has 1 N–H and O–H groups in total. The number of pyridine rings is 1. The number of hydrogen-bond acceptors (Lipinski definition) is 3. The monoisotopic (exact) mass is 263 g/mol. The highest BCUT2D eigenvalue weighted by Crippen LogP contribution is 2.18. The van der Waals surface area contributed by atoms with Crippen LogP contribution in [0.2, 0.25) is 0 Å². The van der Waals surface area contributed by atoms with Gasteiger partial charge in [-0.2, -0.15) is 0 Å². The molecule has 18 heavy (non-hydrogen) atoms. The summed E-state index contributed by atoms with van der Waals surface area (Å²) in [5, 5.41) is 4.66. The number of nitrogens with zero attached hydrogens (tertiary/aromatic N) is 2. The minimum atomic E-state index is 0.589. The van der Waals surface area contributed by atoms with E-state index in [0.717, 1.165) is 18.1 Å². The van der Waals surface area contributed by atoms with Gasteiger partial charge in [0.25, 0.3) is 0 Å². The van der Waals surface area contributed by atoms with Gasteiger partial charge in [-0.25, -0.2) is 0 Å². The van der Waals surface area contributed by atoms with Gasteiger partial charge in [0.15, 0.2) is 5.17 Å². The zero-order chi connectivity index (χ0) is 12.8. The van der Waals surface area contributed by atoms with Crippen molar-refractivity contribution >= 4 is 16.9 Å².